The molecule has 1 heterocycles. The van der Waals surface area contributed by atoms with Crippen LogP contribution in [0, 0.1) is 0 Å². The fraction of sp³-hybridized carbons (Fsp3) is 0.538. The van der Waals surface area contributed by atoms with Crippen LogP contribution in [0.4, 0.5) is 5.69 Å². The molecule has 0 unspecified atom stereocenters. The van der Waals surface area contributed by atoms with Crippen LogP contribution in [0.15, 0.2) is 18.2 Å². The van der Waals surface area contributed by atoms with Crippen molar-refractivity contribution < 1.29 is 0 Å². The molecule has 94 valence electrons. The van der Waals surface area contributed by atoms with Crippen molar-refractivity contribution in [3.63, 3.8) is 0 Å². The van der Waals surface area contributed by atoms with Gasteiger partial charge in [0.25, 0.3) is 0 Å². The Kier molecular flexibility index (Phi) is 4.26. The number of piperazine rings is 1. The molecular weight excluding hydrogens is 234 g/mol. The minimum atomic E-state index is 0.818. The second-order valence-corrected chi connectivity index (χ2v) is 5.03. The SMILES string of the molecule is CNCc1ccc(Cl)cc1N1CCN(C)CC1. The molecule has 17 heavy (non-hydrogen) atoms. The molecule has 1 aliphatic rings. The molecule has 1 fully saturated rings. The number of nitrogens with zero attached hydrogens (tertiary/aromatic N) is 2. The normalized spacial score (nSPS) is 17.5. The van der Waals surface area contributed by atoms with Gasteiger partial charge in [-0.1, -0.05) is 17.7 Å². The van der Waals surface area contributed by atoms with Crippen molar-refractivity contribution in [1.29, 1.82) is 0 Å². The van der Waals surface area contributed by atoms with Gasteiger partial charge in [-0.15, -0.1) is 0 Å². The number of hydrogen-bond acceptors (Lipinski definition) is 3. The number of hydrogen-bond donors (Lipinski definition) is 1. The zero-order chi connectivity index (χ0) is 12.3. The van der Waals surface area contributed by atoms with Crippen molar-refractivity contribution in [2.45, 2.75) is 6.54 Å². The smallest absolute Gasteiger partial charge is 0.0427 e. The van der Waals surface area contributed by atoms with E-state index in [0.29, 0.717) is 0 Å². The number of rotatable bonds is 3. The van der Waals surface area contributed by atoms with Crippen LogP contribution in [-0.4, -0.2) is 45.2 Å². The minimum absolute atomic E-state index is 0.818. The van der Waals surface area contributed by atoms with E-state index in [-0.39, 0.29) is 0 Å². The Hall–Kier alpha value is -0.770. The highest BCUT2D eigenvalue weighted by Gasteiger charge is 2.16. The lowest BCUT2D eigenvalue weighted by molar-refractivity contribution is 0.312. The van der Waals surface area contributed by atoms with Gasteiger partial charge in [0.05, 0.1) is 0 Å². The zero-order valence-electron chi connectivity index (χ0n) is 10.5. The maximum absolute atomic E-state index is 6.11. The average Bonchev–Trinajstić information content (AvgIpc) is 2.33. The van der Waals surface area contributed by atoms with E-state index in [0.717, 1.165) is 37.7 Å². The van der Waals surface area contributed by atoms with Crippen molar-refractivity contribution in [2.24, 2.45) is 0 Å². The summed E-state index contributed by atoms with van der Waals surface area (Å²) < 4.78 is 0. The Bertz CT molecular complexity index is 373. The van der Waals surface area contributed by atoms with Crippen LogP contribution in [0.5, 0.6) is 0 Å². The van der Waals surface area contributed by atoms with E-state index in [1.165, 1.54) is 11.3 Å². The molecule has 1 saturated heterocycles. The Morgan fingerprint density at radius 1 is 1.24 bits per heavy atom. The molecular formula is C13H20ClN3. The molecule has 3 nitrogen and oxygen atoms in total. The monoisotopic (exact) mass is 253 g/mol. The molecule has 0 aliphatic carbocycles. The van der Waals surface area contributed by atoms with Gasteiger partial charge in [0.1, 0.15) is 0 Å². The molecule has 1 aliphatic heterocycles. The van der Waals surface area contributed by atoms with Crippen LogP contribution in [-0.2, 0) is 6.54 Å². The third-order valence-corrected chi connectivity index (χ3v) is 3.49. The fourth-order valence-corrected chi connectivity index (χ4v) is 2.39. The highest BCUT2D eigenvalue weighted by Crippen LogP contribution is 2.25. The zero-order valence-corrected chi connectivity index (χ0v) is 11.3. The van der Waals surface area contributed by atoms with Gasteiger partial charge in [-0.2, -0.15) is 0 Å². The molecule has 0 bridgehead atoms. The highest BCUT2D eigenvalue weighted by molar-refractivity contribution is 6.30. The van der Waals surface area contributed by atoms with Gasteiger partial charge < -0.3 is 15.1 Å². The molecule has 1 aromatic carbocycles. The molecule has 0 aromatic heterocycles. The van der Waals surface area contributed by atoms with E-state index in [1.807, 2.05) is 13.1 Å². The van der Waals surface area contributed by atoms with E-state index < -0.39 is 0 Å². The van der Waals surface area contributed by atoms with Crippen LogP contribution >= 0.6 is 11.6 Å². The van der Waals surface area contributed by atoms with Gasteiger partial charge in [-0.25, -0.2) is 0 Å². The van der Waals surface area contributed by atoms with E-state index in [2.05, 4.69) is 34.3 Å². The summed E-state index contributed by atoms with van der Waals surface area (Å²) in [6, 6.07) is 6.17. The third kappa shape index (κ3) is 3.12. The van der Waals surface area contributed by atoms with E-state index in [4.69, 9.17) is 11.6 Å². The summed E-state index contributed by atoms with van der Waals surface area (Å²) in [6.07, 6.45) is 0. The summed E-state index contributed by atoms with van der Waals surface area (Å²) in [5.41, 5.74) is 2.60. The lowest BCUT2D eigenvalue weighted by Gasteiger charge is -2.35. The number of likely N-dealkylation sites (N-methyl/N-ethyl adjacent to an activating group) is 1. The average molecular weight is 254 g/mol. The summed E-state index contributed by atoms with van der Waals surface area (Å²) in [5.74, 6) is 0. The van der Waals surface area contributed by atoms with Crippen molar-refractivity contribution >= 4 is 17.3 Å². The summed E-state index contributed by atoms with van der Waals surface area (Å²) in [6.45, 7) is 5.27. The molecule has 4 heteroatoms. The summed E-state index contributed by atoms with van der Waals surface area (Å²) in [7, 11) is 4.15. The van der Waals surface area contributed by atoms with Gasteiger partial charge >= 0.3 is 0 Å². The standard InChI is InChI=1S/C13H20ClN3/c1-15-10-11-3-4-12(14)9-13(11)17-7-5-16(2)6-8-17/h3-4,9,15H,5-8,10H2,1-2H3. The van der Waals surface area contributed by atoms with Crippen molar-refractivity contribution in [3.05, 3.63) is 28.8 Å². The highest BCUT2D eigenvalue weighted by atomic mass is 35.5. The fourth-order valence-electron chi connectivity index (χ4n) is 2.22. The molecule has 0 spiro atoms. The first-order valence-electron chi connectivity index (χ1n) is 6.07. The second kappa shape index (κ2) is 5.71. The quantitative estimate of drug-likeness (QED) is 0.887. The Labute approximate surface area is 108 Å². The lowest BCUT2D eigenvalue weighted by Crippen LogP contribution is -2.44. The van der Waals surface area contributed by atoms with Crippen molar-refractivity contribution in [1.82, 2.24) is 10.2 Å². The maximum Gasteiger partial charge on any atom is 0.0427 e. The predicted molar refractivity (Wildman–Crippen MR) is 73.9 cm³/mol. The number of anilines is 1. The van der Waals surface area contributed by atoms with Gasteiger partial charge in [-0.05, 0) is 31.8 Å². The van der Waals surface area contributed by atoms with Crippen LogP contribution in [0.1, 0.15) is 5.56 Å². The minimum Gasteiger partial charge on any atom is -0.369 e. The summed E-state index contributed by atoms with van der Waals surface area (Å²) >= 11 is 6.11. The third-order valence-electron chi connectivity index (χ3n) is 3.26. The van der Waals surface area contributed by atoms with Gasteiger partial charge in [0, 0.05) is 43.4 Å². The molecule has 0 amide bonds. The van der Waals surface area contributed by atoms with Gasteiger partial charge in [0.15, 0.2) is 0 Å². The molecule has 1 aromatic rings. The van der Waals surface area contributed by atoms with Crippen molar-refractivity contribution in [3.8, 4) is 0 Å². The first-order valence-corrected chi connectivity index (χ1v) is 6.45. The summed E-state index contributed by atoms with van der Waals surface area (Å²) in [5, 5.41) is 4.03. The van der Waals surface area contributed by atoms with Crippen LogP contribution in [0.3, 0.4) is 0 Å². The maximum atomic E-state index is 6.11. The number of nitrogens with one attached hydrogen (secondary N) is 1. The van der Waals surface area contributed by atoms with Gasteiger partial charge in [-0.3, -0.25) is 0 Å². The van der Waals surface area contributed by atoms with E-state index in [9.17, 15) is 0 Å². The second-order valence-electron chi connectivity index (χ2n) is 4.59. The van der Waals surface area contributed by atoms with E-state index >= 15 is 0 Å². The molecule has 1 N–H and O–H groups in total. The number of benzene rings is 1. The molecule has 2 rings (SSSR count). The molecule has 0 saturated carbocycles. The van der Waals surface area contributed by atoms with Crippen LogP contribution < -0.4 is 10.2 Å². The first kappa shape index (κ1) is 12.7. The first-order chi connectivity index (χ1) is 8.20. The molecule has 0 atom stereocenters. The summed E-state index contributed by atoms with van der Waals surface area (Å²) in [4.78, 5) is 4.79. The molecule has 0 radical (unpaired) electrons. The van der Waals surface area contributed by atoms with E-state index in [1.54, 1.807) is 0 Å². The Morgan fingerprint density at radius 3 is 2.59 bits per heavy atom. The Balaban J connectivity index is 2.20. The van der Waals surface area contributed by atoms with Crippen LogP contribution in [0.2, 0.25) is 5.02 Å². The predicted octanol–water partition coefficient (Wildman–Crippen LogP) is 1.81. The topological polar surface area (TPSA) is 18.5 Å². The van der Waals surface area contributed by atoms with Crippen LogP contribution in [0.25, 0.3) is 0 Å². The number of halogens is 1. The van der Waals surface area contributed by atoms with Gasteiger partial charge in [0.2, 0.25) is 0 Å². The lowest BCUT2D eigenvalue weighted by atomic mass is 10.1. The largest absolute Gasteiger partial charge is 0.369 e. The Morgan fingerprint density at radius 2 is 1.94 bits per heavy atom. The van der Waals surface area contributed by atoms with Crippen molar-refractivity contribution in [2.75, 3.05) is 45.2 Å².